The van der Waals surface area contributed by atoms with Crippen molar-refractivity contribution in [2.24, 2.45) is 5.92 Å². The Labute approximate surface area is 108 Å². The van der Waals surface area contributed by atoms with Crippen LogP contribution in [0.5, 0.6) is 0 Å². The van der Waals surface area contributed by atoms with E-state index in [1.54, 1.807) is 11.3 Å². The fraction of sp³-hybridized carbons (Fsp3) is 0.769. The highest BCUT2D eigenvalue weighted by Crippen LogP contribution is 2.24. The molecule has 0 spiro atoms. The summed E-state index contributed by atoms with van der Waals surface area (Å²) in [7, 11) is 0. The molecule has 1 saturated heterocycles. The van der Waals surface area contributed by atoms with E-state index >= 15 is 0 Å². The van der Waals surface area contributed by atoms with Gasteiger partial charge in [0.25, 0.3) is 0 Å². The lowest BCUT2D eigenvalue weighted by Crippen LogP contribution is -2.30. The van der Waals surface area contributed by atoms with Gasteiger partial charge in [-0.2, -0.15) is 0 Å². The van der Waals surface area contributed by atoms with Crippen LogP contribution in [0.1, 0.15) is 43.4 Å². The molecule has 0 amide bonds. The van der Waals surface area contributed by atoms with Gasteiger partial charge in [0.1, 0.15) is 0 Å². The molecular formula is C13H22N2OS. The number of ether oxygens (including phenoxy) is 1. The lowest BCUT2D eigenvalue weighted by molar-refractivity contribution is 0.0867. The molecule has 3 unspecified atom stereocenters. The predicted octanol–water partition coefficient (Wildman–Crippen LogP) is 2.92. The average molecular weight is 254 g/mol. The van der Waals surface area contributed by atoms with Crippen LogP contribution in [0.2, 0.25) is 0 Å². The van der Waals surface area contributed by atoms with E-state index in [1.807, 2.05) is 0 Å². The minimum Gasteiger partial charge on any atom is -0.378 e. The molecule has 3 atom stereocenters. The minimum absolute atomic E-state index is 0.345. The van der Waals surface area contributed by atoms with E-state index in [0.29, 0.717) is 18.1 Å². The lowest BCUT2D eigenvalue weighted by atomic mass is 9.99. The third-order valence-corrected chi connectivity index (χ3v) is 4.31. The molecule has 0 radical (unpaired) electrons. The first kappa shape index (κ1) is 13.0. The van der Waals surface area contributed by atoms with Gasteiger partial charge in [-0.05, 0) is 32.6 Å². The summed E-state index contributed by atoms with van der Waals surface area (Å²) in [6.07, 6.45) is 2.76. The quantitative estimate of drug-likeness (QED) is 0.877. The zero-order valence-electron chi connectivity index (χ0n) is 10.9. The van der Waals surface area contributed by atoms with E-state index in [4.69, 9.17) is 4.74 Å². The monoisotopic (exact) mass is 254 g/mol. The second-order valence-electron chi connectivity index (χ2n) is 4.79. The summed E-state index contributed by atoms with van der Waals surface area (Å²) in [6, 6.07) is 0.345. The van der Waals surface area contributed by atoms with Crippen molar-refractivity contribution in [2.45, 2.75) is 45.8 Å². The maximum atomic E-state index is 5.70. The number of thiazole rings is 1. The number of hydrogen-bond donors (Lipinski definition) is 1. The number of aryl methyl sites for hydroxylation is 1. The third kappa shape index (κ3) is 3.27. The Bertz CT molecular complexity index is 353. The molecule has 96 valence electrons. The van der Waals surface area contributed by atoms with Gasteiger partial charge in [-0.1, -0.05) is 6.92 Å². The molecule has 17 heavy (non-hydrogen) atoms. The Hall–Kier alpha value is -0.450. The summed E-state index contributed by atoms with van der Waals surface area (Å²) < 4.78 is 5.70. The first-order valence-corrected chi connectivity index (χ1v) is 7.35. The molecule has 1 aliphatic heterocycles. The third-order valence-electron chi connectivity index (χ3n) is 3.52. The van der Waals surface area contributed by atoms with Crippen LogP contribution in [-0.4, -0.2) is 24.2 Å². The molecule has 4 heteroatoms. The van der Waals surface area contributed by atoms with Crippen molar-refractivity contribution >= 4 is 11.3 Å². The van der Waals surface area contributed by atoms with Crippen molar-refractivity contribution < 1.29 is 4.74 Å². The van der Waals surface area contributed by atoms with Gasteiger partial charge in [0.2, 0.25) is 0 Å². The van der Waals surface area contributed by atoms with E-state index in [0.717, 1.165) is 24.6 Å². The average Bonchev–Trinajstić information content (AvgIpc) is 2.94. The second kappa shape index (κ2) is 5.94. The molecule has 2 heterocycles. The van der Waals surface area contributed by atoms with Crippen molar-refractivity contribution in [3.8, 4) is 0 Å². The van der Waals surface area contributed by atoms with Crippen molar-refractivity contribution in [1.82, 2.24) is 10.3 Å². The molecule has 1 N–H and O–H groups in total. The predicted molar refractivity (Wildman–Crippen MR) is 71.4 cm³/mol. The Morgan fingerprint density at radius 2 is 2.47 bits per heavy atom. The normalized spacial score (nSPS) is 26.3. The zero-order valence-corrected chi connectivity index (χ0v) is 11.7. The highest BCUT2D eigenvalue weighted by Gasteiger charge is 2.26. The fourth-order valence-electron chi connectivity index (χ4n) is 2.39. The van der Waals surface area contributed by atoms with Crippen molar-refractivity contribution in [1.29, 1.82) is 0 Å². The first-order valence-electron chi connectivity index (χ1n) is 6.47. The summed E-state index contributed by atoms with van der Waals surface area (Å²) in [6.45, 7) is 8.41. The molecule has 3 nitrogen and oxygen atoms in total. The Balaban J connectivity index is 1.81. The Morgan fingerprint density at radius 1 is 1.65 bits per heavy atom. The standard InChI is InChI=1S/C13H22N2OS/c1-4-13-11(5-6-16-13)7-14-9(2)12-8-17-10(3)15-12/h8-9,11,13-14H,4-7H2,1-3H3. The summed E-state index contributed by atoms with van der Waals surface area (Å²) in [4.78, 5) is 4.52. The van der Waals surface area contributed by atoms with Crippen LogP contribution in [0.4, 0.5) is 0 Å². The number of nitrogens with one attached hydrogen (secondary N) is 1. The highest BCUT2D eigenvalue weighted by atomic mass is 32.1. The van der Waals surface area contributed by atoms with Gasteiger partial charge < -0.3 is 10.1 Å². The largest absolute Gasteiger partial charge is 0.378 e. The summed E-state index contributed by atoms with van der Waals surface area (Å²) in [5.74, 6) is 0.669. The summed E-state index contributed by atoms with van der Waals surface area (Å²) in [5.41, 5.74) is 1.17. The number of aromatic nitrogens is 1. The molecule has 1 aliphatic rings. The smallest absolute Gasteiger partial charge is 0.0898 e. The molecular weight excluding hydrogens is 232 g/mol. The van der Waals surface area contributed by atoms with Gasteiger partial charge in [0.05, 0.1) is 16.8 Å². The maximum Gasteiger partial charge on any atom is 0.0898 e. The zero-order chi connectivity index (χ0) is 12.3. The minimum atomic E-state index is 0.345. The summed E-state index contributed by atoms with van der Waals surface area (Å²) in [5, 5.41) is 6.87. The SMILES string of the molecule is CCC1OCCC1CNC(C)c1csc(C)n1. The van der Waals surface area contributed by atoms with Crippen LogP contribution in [0.3, 0.4) is 0 Å². The summed E-state index contributed by atoms with van der Waals surface area (Å²) >= 11 is 1.72. The number of hydrogen-bond acceptors (Lipinski definition) is 4. The molecule has 0 saturated carbocycles. The van der Waals surface area contributed by atoms with Gasteiger partial charge in [-0.15, -0.1) is 11.3 Å². The number of rotatable bonds is 5. The van der Waals surface area contributed by atoms with Gasteiger partial charge in [0.15, 0.2) is 0 Å². The van der Waals surface area contributed by atoms with Gasteiger partial charge in [0, 0.05) is 24.6 Å². The molecule has 2 rings (SSSR count). The van der Waals surface area contributed by atoms with E-state index < -0.39 is 0 Å². The maximum absolute atomic E-state index is 5.70. The fourth-order valence-corrected chi connectivity index (χ4v) is 3.10. The van der Waals surface area contributed by atoms with Crippen molar-refractivity contribution in [2.75, 3.05) is 13.2 Å². The highest BCUT2D eigenvalue weighted by molar-refractivity contribution is 7.09. The van der Waals surface area contributed by atoms with E-state index in [2.05, 4.69) is 36.5 Å². The van der Waals surface area contributed by atoms with Gasteiger partial charge in [-0.25, -0.2) is 4.98 Å². The van der Waals surface area contributed by atoms with Gasteiger partial charge in [-0.3, -0.25) is 0 Å². The van der Waals surface area contributed by atoms with Crippen molar-refractivity contribution in [3.05, 3.63) is 16.1 Å². The van der Waals surface area contributed by atoms with Crippen LogP contribution in [0.15, 0.2) is 5.38 Å². The molecule has 1 aromatic rings. The number of nitrogens with zero attached hydrogens (tertiary/aromatic N) is 1. The molecule has 0 aliphatic carbocycles. The van der Waals surface area contributed by atoms with Gasteiger partial charge >= 0.3 is 0 Å². The van der Waals surface area contributed by atoms with E-state index in [-0.39, 0.29) is 0 Å². The van der Waals surface area contributed by atoms with E-state index in [1.165, 1.54) is 12.1 Å². The Morgan fingerprint density at radius 3 is 3.12 bits per heavy atom. The first-order chi connectivity index (χ1) is 8.20. The van der Waals surface area contributed by atoms with Crippen LogP contribution in [-0.2, 0) is 4.74 Å². The lowest BCUT2D eigenvalue weighted by Gasteiger charge is -2.19. The van der Waals surface area contributed by atoms with Crippen molar-refractivity contribution in [3.63, 3.8) is 0 Å². The molecule has 1 aromatic heterocycles. The topological polar surface area (TPSA) is 34.1 Å². The molecule has 1 fully saturated rings. The van der Waals surface area contributed by atoms with Crippen LogP contribution >= 0.6 is 11.3 Å². The van der Waals surface area contributed by atoms with Crippen LogP contribution in [0, 0.1) is 12.8 Å². The van der Waals surface area contributed by atoms with Crippen LogP contribution in [0.25, 0.3) is 0 Å². The van der Waals surface area contributed by atoms with E-state index in [9.17, 15) is 0 Å². The molecule has 0 bridgehead atoms. The second-order valence-corrected chi connectivity index (χ2v) is 5.85. The molecule has 0 aromatic carbocycles. The van der Waals surface area contributed by atoms with Crippen LogP contribution < -0.4 is 5.32 Å². The Kier molecular flexibility index (Phi) is 4.54.